The first-order chi connectivity index (χ1) is 12.2. The number of aryl methyl sites for hydroxylation is 2. The number of anilines is 2. The van der Waals surface area contributed by atoms with Crippen LogP contribution in [0.3, 0.4) is 0 Å². The van der Waals surface area contributed by atoms with E-state index >= 15 is 0 Å². The van der Waals surface area contributed by atoms with Crippen molar-refractivity contribution in [2.24, 2.45) is 5.92 Å². The second kappa shape index (κ2) is 8.46. The zero-order chi connectivity index (χ0) is 19.3. The second-order valence-electron chi connectivity index (χ2n) is 6.78. The van der Waals surface area contributed by atoms with Gasteiger partial charge in [0.1, 0.15) is 5.82 Å². The van der Waals surface area contributed by atoms with Crippen LogP contribution in [-0.2, 0) is 4.79 Å². The Balaban J connectivity index is 2.00. The highest BCUT2D eigenvalue weighted by Crippen LogP contribution is 2.21. The van der Waals surface area contributed by atoms with Crippen LogP contribution >= 0.6 is 0 Å². The molecule has 0 fully saturated rings. The molecule has 8 nitrogen and oxygen atoms in total. The van der Waals surface area contributed by atoms with Crippen LogP contribution in [0.5, 0.6) is 0 Å². The summed E-state index contributed by atoms with van der Waals surface area (Å²) in [4.78, 5) is 28.4. The van der Waals surface area contributed by atoms with E-state index in [2.05, 4.69) is 31.1 Å². The van der Waals surface area contributed by atoms with E-state index in [0.29, 0.717) is 29.4 Å². The number of carbonyl (C=O) groups is 2. The number of carbonyl (C=O) groups excluding carboxylic acids is 2. The fraction of sp³-hybridized carbons (Fsp3) is 0.444. The molecule has 1 heterocycles. The summed E-state index contributed by atoms with van der Waals surface area (Å²) in [5.41, 5.74) is 2.17. The van der Waals surface area contributed by atoms with E-state index < -0.39 is 0 Å². The van der Waals surface area contributed by atoms with Crippen molar-refractivity contribution in [2.75, 3.05) is 10.6 Å². The van der Waals surface area contributed by atoms with Gasteiger partial charge in [-0.2, -0.15) is 5.10 Å². The molecule has 1 atom stereocenters. The number of aromatic amines is 1. The van der Waals surface area contributed by atoms with Gasteiger partial charge in [0.25, 0.3) is 0 Å². The smallest absolute Gasteiger partial charge is 0.319 e. The lowest BCUT2D eigenvalue weighted by Crippen LogP contribution is -2.32. The summed E-state index contributed by atoms with van der Waals surface area (Å²) >= 11 is 0. The van der Waals surface area contributed by atoms with Crippen LogP contribution in [0.1, 0.15) is 50.4 Å². The number of H-pyrrole nitrogens is 1. The average Bonchev–Trinajstić information content (AvgIpc) is 2.96. The average molecular weight is 358 g/mol. The van der Waals surface area contributed by atoms with Gasteiger partial charge in [-0.25, -0.2) is 9.78 Å². The van der Waals surface area contributed by atoms with Gasteiger partial charge in [-0.3, -0.25) is 9.89 Å². The molecule has 0 aliphatic heterocycles. The minimum absolute atomic E-state index is 0.0483. The van der Waals surface area contributed by atoms with E-state index in [-0.39, 0.29) is 23.9 Å². The number of benzene rings is 1. The molecule has 1 aromatic heterocycles. The maximum absolute atomic E-state index is 12.3. The van der Waals surface area contributed by atoms with Crippen LogP contribution in [0.2, 0.25) is 0 Å². The monoisotopic (exact) mass is 358 g/mol. The summed E-state index contributed by atoms with van der Waals surface area (Å²) in [6.45, 7) is 9.46. The molecule has 0 radical (unpaired) electrons. The fourth-order valence-corrected chi connectivity index (χ4v) is 2.39. The first-order valence-corrected chi connectivity index (χ1v) is 8.61. The summed E-state index contributed by atoms with van der Waals surface area (Å²) in [6.07, 6.45) is 0.449. The second-order valence-corrected chi connectivity index (χ2v) is 6.78. The third-order valence-corrected chi connectivity index (χ3v) is 3.71. The number of nitrogens with zero attached hydrogens (tertiary/aromatic N) is 2. The molecule has 0 saturated heterocycles. The van der Waals surface area contributed by atoms with Gasteiger partial charge < -0.3 is 16.0 Å². The number of aromatic nitrogens is 3. The third kappa shape index (κ3) is 5.58. The van der Waals surface area contributed by atoms with Crippen molar-refractivity contribution in [3.8, 4) is 0 Å². The molecule has 3 amide bonds. The van der Waals surface area contributed by atoms with Gasteiger partial charge in [-0.15, -0.1) is 0 Å². The van der Waals surface area contributed by atoms with Gasteiger partial charge in [0.15, 0.2) is 5.82 Å². The Morgan fingerprint density at radius 2 is 1.88 bits per heavy atom. The van der Waals surface area contributed by atoms with Gasteiger partial charge in [0.2, 0.25) is 5.91 Å². The van der Waals surface area contributed by atoms with Crippen LogP contribution < -0.4 is 16.0 Å². The topological polar surface area (TPSA) is 112 Å². The standard InChI is InChI=1S/C18H26N6O2/c1-10(2)8-16(25)21-14-7-6-11(3)15(9-14)22-18(26)19-12(4)17-20-13(5)23-24-17/h6-7,9-10,12H,8H2,1-5H3,(H,21,25)(H2,19,22,26)(H,20,23,24)/t12-/m0/s1. The predicted octanol–water partition coefficient (Wildman–Crippen LogP) is 3.29. The molecule has 26 heavy (non-hydrogen) atoms. The lowest BCUT2D eigenvalue weighted by molar-refractivity contribution is -0.116. The highest BCUT2D eigenvalue weighted by Gasteiger charge is 2.14. The summed E-state index contributed by atoms with van der Waals surface area (Å²) in [5.74, 6) is 1.44. The molecule has 2 aromatic rings. The number of amides is 3. The zero-order valence-corrected chi connectivity index (χ0v) is 15.8. The van der Waals surface area contributed by atoms with Crippen molar-refractivity contribution in [3.63, 3.8) is 0 Å². The minimum atomic E-state index is -0.367. The van der Waals surface area contributed by atoms with Crippen molar-refractivity contribution < 1.29 is 9.59 Å². The molecule has 0 saturated carbocycles. The molecular weight excluding hydrogens is 332 g/mol. The van der Waals surface area contributed by atoms with Gasteiger partial charge in [0, 0.05) is 17.8 Å². The van der Waals surface area contributed by atoms with Crippen LogP contribution in [0.25, 0.3) is 0 Å². The molecule has 0 spiro atoms. The summed E-state index contributed by atoms with van der Waals surface area (Å²) in [6, 6.07) is 4.70. The van der Waals surface area contributed by atoms with Gasteiger partial charge in [-0.1, -0.05) is 19.9 Å². The fourth-order valence-electron chi connectivity index (χ4n) is 2.39. The van der Waals surface area contributed by atoms with Crippen molar-refractivity contribution in [3.05, 3.63) is 35.4 Å². The Hall–Kier alpha value is -2.90. The Morgan fingerprint density at radius 3 is 2.50 bits per heavy atom. The Labute approximate surface area is 153 Å². The number of urea groups is 1. The first kappa shape index (κ1) is 19.4. The molecule has 2 rings (SSSR count). The first-order valence-electron chi connectivity index (χ1n) is 8.61. The van der Waals surface area contributed by atoms with E-state index in [1.807, 2.05) is 32.9 Å². The quantitative estimate of drug-likeness (QED) is 0.635. The van der Waals surface area contributed by atoms with E-state index in [0.717, 1.165) is 5.56 Å². The Morgan fingerprint density at radius 1 is 1.15 bits per heavy atom. The van der Waals surface area contributed by atoms with E-state index in [9.17, 15) is 9.59 Å². The van der Waals surface area contributed by atoms with E-state index in [1.54, 1.807) is 19.9 Å². The molecule has 0 aliphatic rings. The molecule has 1 aromatic carbocycles. The van der Waals surface area contributed by atoms with Gasteiger partial charge >= 0.3 is 6.03 Å². The van der Waals surface area contributed by atoms with Crippen LogP contribution in [-0.4, -0.2) is 27.1 Å². The maximum Gasteiger partial charge on any atom is 0.319 e. The normalized spacial score (nSPS) is 11.9. The summed E-state index contributed by atoms with van der Waals surface area (Å²) in [5, 5.41) is 15.2. The van der Waals surface area contributed by atoms with Crippen molar-refractivity contribution in [2.45, 2.75) is 47.1 Å². The maximum atomic E-state index is 12.3. The summed E-state index contributed by atoms with van der Waals surface area (Å²) in [7, 11) is 0. The summed E-state index contributed by atoms with van der Waals surface area (Å²) < 4.78 is 0. The van der Waals surface area contributed by atoms with Crippen LogP contribution in [0.15, 0.2) is 18.2 Å². The number of hydrogen-bond acceptors (Lipinski definition) is 4. The highest BCUT2D eigenvalue weighted by molar-refractivity contribution is 5.94. The zero-order valence-electron chi connectivity index (χ0n) is 15.8. The molecule has 140 valence electrons. The van der Waals surface area contributed by atoms with Crippen molar-refractivity contribution >= 4 is 23.3 Å². The Bertz CT molecular complexity index is 784. The third-order valence-electron chi connectivity index (χ3n) is 3.71. The van der Waals surface area contributed by atoms with Crippen molar-refractivity contribution in [1.82, 2.24) is 20.5 Å². The SMILES string of the molecule is Cc1nc([C@H](C)NC(=O)Nc2cc(NC(=O)CC(C)C)ccc2C)n[nH]1. The lowest BCUT2D eigenvalue weighted by Gasteiger charge is -2.15. The van der Waals surface area contributed by atoms with Gasteiger partial charge in [-0.05, 0) is 44.4 Å². The van der Waals surface area contributed by atoms with Crippen molar-refractivity contribution in [1.29, 1.82) is 0 Å². The molecule has 0 aliphatic carbocycles. The lowest BCUT2D eigenvalue weighted by atomic mass is 10.1. The molecule has 8 heteroatoms. The number of hydrogen-bond donors (Lipinski definition) is 4. The highest BCUT2D eigenvalue weighted by atomic mass is 16.2. The number of rotatable bonds is 6. The van der Waals surface area contributed by atoms with E-state index in [4.69, 9.17) is 0 Å². The van der Waals surface area contributed by atoms with Gasteiger partial charge in [0.05, 0.1) is 6.04 Å². The van der Waals surface area contributed by atoms with Crippen LogP contribution in [0.4, 0.5) is 16.2 Å². The number of nitrogens with one attached hydrogen (secondary N) is 4. The Kier molecular flexibility index (Phi) is 6.32. The molecule has 4 N–H and O–H groups in total. The molecule has 0 unspecified atom stereocenters. The predicted molar refractivity (Wildman–Crippen MR) is 101 cm³/mol. The van der Waals surface area contributed by atoms with Crippen LogP contribution in [0, 0.1) is 19.8 Å². The largest absolute Gasteiger partial charge is 0.328 e. The molecule has 0 bridgehead atoms. The minimum Gasteiger partial charge on any atom is -0.328 e. The van der Waals surface area contributed by atoms with E-state index in [1.165, 1.54) is 0 Å². The molecular formula is C18H26N6O2.